The Hall–Kier alpha value is -1.87. The van der Waals surface area contributed by atoms with E-state index in [1.807, 2.05) is 12.1 Å². The maximum Gasteiger partial charge on any atom is 0.309 e. The zero-order valence-electron chi connectivity index (χ0n) is 12.1. The summed E-state index contributed by atoms with van der Waals surface area (Å²) in [5.74, 6) is -0.0876. The zero-order valence-corrected chi connectivity index (χ0v) is 12.1. The summed E-state index contributed by atoms with van der Waals surface area (Å²) in [5.41, 5.74) is 2.19. The van der Waals surface area contributed by atoms with Crippen molar-refractivity contribution in [3.8, 4) is 0 Å². The number of ether oxygens (including phenoxy) is 2. The number of carbonyl (C=O) groups is 1. The van der Waals surface area contributed by atoms with Crippen molar-refractivity contribution in [2.75, 3.05) is 6.61 Å². The highest BCUT2D eigenvalue weighted by Gasteiger charge is 2.55. The zero-order chi connectivity index (χ0) is 14.4. The molecule has 21 heavy (non-hydrogen) atoms. The van der Waals surface area contributed by atoms with Gasteiger partial charge in [-0.15, -0.1) is 0 Å². The monoisotopic (exact) mass is 282 g/mol. The fourth-order valence-electron chi connectivity index (χ4n) is 3.32. The van der Waals surface area contributed by atoms with Crippen LogP contribution in [0.1, 0.15) is 24.5 Å². The molecule has 0 radical (unpaired) electrons. The molecule has 1 fully saturated rings. The average molecular weight is 282 g/mol. The van der Waals surface area contributed by atoms with Crippen molar-refractivity contribution in [1.29, 1.82) is 0 Å². The first-order chi connectivity index (χ1) is 10.2. The van der Waals surface area contributed by atoms with Gasteiger partial charge in [-0.2, -0.15) is 0 Å². The van der Waals surface area contributed by atoms with Crippen LogP contribution in [-0.2, 0) is 27.5 Å². The Bertz CT molecular complexity index is 716. The van der Waals surface area contributed by atoms with Crippen LogP contribution in [0.2, 0.25) is 0 Å². The lowest BCUT2D eigenvalue weighted by molar-refractivity contribution is -0.147. The second-order valence-electron chi connectivity index (χ2n) is 6.44. The lowest BCUT2D eigenvalue weighted by Gasteiger charge is -2.12. The summed E-state index contributed by atoms with van der Waals surface area (Å²) >= 11 is 0. The average Bonchev–Trinajstić information content (AvgIpc) is 3.16. The molecule has 3 nitrogen and oxygen atoms in total. The van der Waals surface area contributed by atoms with Gasteiger partial charge in [-0.1, -0.05) is 43.3 Å². The molecule has 0 unspecified atom stereocenters. The van der Waals surface area contributed by atoms with Gasteiger partial charge in [0.1, 0.15) is 6.61 Å². The molecule has 3 heteroatoms. The normalized spacial score (nSPS) is 28.4. The van der Waals surface area contributed by atoms with Crippen molar-refractivity contribution in [3.05, 3.63) is 47.5 Å². The Balaban J connectivity index is 1.78. The van der Waals surface area contributed by atoms with Gasteiger partial charge in [-0.05, 0) is 28.3 Å². The molecular formula is C18H18O3. The second kappa shape index (κ2) is 4.57. The minimum absolute atomic E-state index is 0.00193. The molecule has 2 aromatic carbocycles. The van der Waals surface area contributed by atoms with E-state index in [4.69, 9.17) is 9.47 Å². The topological polar surface area (TPSA) is 35.5 Å². The molecule has 1 aliphatic carbocycles. The number of esters is 1. The highest BCUT2D eigenvalue weighted by Crippen LogP contribution is 2.53. The maximum absolute atomic E-state index is 12.1. The molecule has 108 valence electrons. The van der Waals surface area contributed by atoms with Crippen LogP contribution in [0.5, 0.6) is 0 Å². The van der Waals surface area contributed by atoms with Gasteiger partial charge in [0.25, 0.3) is 0 Å². The van der Waals surface area contributed by atoms with E-state index >= 15 is 0 Å². The Morgan fingerprint density at radius 1 is 1.10 bits per heavy atom. The molecule has 0 saturated heterocycles. The van der Waals surface area contributed by atoms with Gasteiger partial charge in [0, 0.05) is 5.41 Å². The summed E-state index contributed by atoms with van der Waals surface area (Å²) in [5, 5.41) is 2.33. The minimum atomic E-state index is -0.0857. The molecular weight excluding hydrogens is 264 g/mol. The van der Waals surface area contributed by atoms with E-state index in [2.05, 4.69) is 31.2 Å². The third-order valence-corrected chi connectivity index (χ3v) is 4.77. The SMILES string of the molecule is C[C@@]12COCc3cccc4cccc(c34)COC(=O)[C@@H]1C2. The van der Waals surface area contributed by atoms with Gasteiger partial charge in [-0.3, -0.25) is 4.79 Å². The van der Waals surface area contributed by atoms with Crippen LogP contribution in [0.25, 0.3) is 10.8 Å². The number of cyclic esters (lactones) is 1. The summed E-state index contributed by atoms with van der Waals surface area (Å²) < 4.78 is 11.5. The van der Waals surface area contributed by atoms with Crippen LogP contribution in [0.4, 0.5) is 0 Å². The number of rotatable bonds is 0. The first-order valence-electron chi connectivity index (χ1n) is 7.41. The highest BCUT2D eigenvalue weighted by molar-refractivity contribution is 5.89. The molecule has 1 heterocycles. The van der Waals surface area contributed by atoms with Crippen molar-refractivity contribution >= 4 is 16.7 Å². The molecule has 2 aromatic rings. The fourth-order valence-corrected chi connectivity index (χ4v) is 3.32. The third-order valence-electron chi connectivity index (χ3n) is 4.77. The molecule has 2 aliphatic rings. The van der Waals surface area contributed by atoms with E-state index in [1.54, 1.807) is 0 Å². The molecule has 0 spiro atoms. The molecule has 0 bridgehead atoms. The quantitative estimate of drug-likeness (QED) is 0.694. The van der Waals surface area contributed by atoms with E-state index in [-0.39, 0.29) is 17.3 Å². The molecule has 2 atom stereocenters. The highest BCUT2D eigenvalue weighted by atomic mass is 16.5. The molecule has 1 saturated carbocycles. The summed E-state index contributed by atoms with van der Waals surface area (Å²) in [6, 6.07) is 12.4. The fraction of sp³-hybridized carbons (Fsp3) is 0.389. The lowest BCUT2D eigenvalue weighted by Crippen LogP contribution is -2.15. The molecule has 0 N–H and O–H groups in total. The summed E-state index contributed by atoms with van der Waals surface area (Å²) in [6.07, 6.45) is 0.873. The minimum Gasteiger partial charge on any atom is -0.461 e. The van der Waals surface area contributed by atoms with Crippen molar-refractivity contribution < 1.29 is 14.3 Å². The smallest absolute Gasteiger partial charge is 0.309 e. The first kappa shape index (κ1) is 12.8. The van der Waals surface area contributed by atoms with Gasteiger partial charge in [0.15, 0.2) is 0 Å². The number of carbonyl (C=O) groups excluding carboxylic acids is 1. The van der Waals surface area contributed by atoms with Crippen LogP contribution < -0.4 is 0 Å². The van der Waals surface area contributed by atoms with E-state index in [0.29, 0.717) is 19.8 Å². The van der Waals surface area contributed by atoms with Crippen LogP contribution >= 0.6 is 0 Å². The summed E-state index contributed by atoms with van der Waals surface area (Å²) in [7, 11) is 0. The van der Waals surface area contributed by atoms with E-state index in [0.717, 1.165) is 17.4 Å². The van der Waals surface area contributed by atoms with Crippen LogP contribution in [0.15, 0.2) is 36.4 Å². The van der Waals surface area contributed by atoms with Gasteiger partial charge >= 0.3 is 5.97 Å². The van der Waals surface area contributed by atoms with E-state index in [9.17, 15) is 4.79 Å². The van der Waals surface area contributed by atoms with E-state index in [1.165, 1.54) is 10.9 Å². The molecule has 0 amide bonds. The molecule has 4 rings (SSSR count). The number of hydrogen-bond donors (Lipinski definition) is 0. The Kier molecular flexibility index (Phi) is 2.79. The van der Waals surface area contributed by atoms with Gasteiger partial charge < -0.3 is 9.47 Å². The molecule has 0 aromatic heterocycles. The molecule has 1 aliphatic heterocycles. The van der Waals surface area contributed by atoms with Crippen LogP contribution in [0, 0.1) is 11.3 Å². The third kappa shape index (κ3) is 2.12. The Morgan fingerprint density at radius 2 is 1.81 bits per heavy atom. The Morgan fingerprint density at radius 3 is 2.57 bits per heavy atom. The van der Waals surface area contributed by atoms with Crippen molar-refractivity contribution in [2.24, 2.45) is 11.3 Å². The maximum atomic E-state index is 12.1. The van der Waals surface area contributed by atoms with Gasteiger partial charge in [0.05, 0.1) is 19.1 Å². The Labute approximate surface area is 123 Å². The largest absolute Gasteiger partial charge is 0.461 e. The van der Waals surface area contributed by atoms with Crippen LogP contribution in [-0.4, -0.2) is 12.6 Å². The van der Waals surface area contributed by atoms with Crippen molar-refractivity contribution in [3.63, 3.8) is 0 Å². The number of fused-ring (bicyclic) bond motifs is 1. The number of benzene rings is 2. The predicted octanol–water partition coefficient (Wildman–Crippen LogP) is 3.44. The standard InChI is InChI=1S/C18H18O3/c1-18-8-15(18)17(19)21-10-14-7-3-5-12-4-2-6-13(16(12)14)9-20-11-18/h2-7,15H,8-11H2,1H3/t15-,18+/m0/s1. The van der Waals surface area contributed by atoms with Crippen molar-refractivity contribution in [1.82, 2.24) is 0 Å². The first-order valence-corrected chi connectivity index (χ1v) is 7.41. The van der Waals surface area contributed by atoms with Gasteiger partial charge in [-0.25, -0.2) is 0 Å². The second-order valence-corrected chi connectivity index (χ2v) is 6.44. The van der Waals surface area contributed by atoms with Gasteiger partial charge in [0.2, 0.25) is 0 Å². The summed E-state index contributed by atoms with van der Waals surface area (Å²) in [6.45, 7) is 3.65. The van der Waals surface area contributed by atoms with E-state index < -0.39 is 0 Å². The lowest BCUT2D eigenvalue weighted by atomic mass is 10.00. The summed E-state index contributed by atoms with van der Waals surface area (Å²) in [4.78, 5) is 12.1. The van der Waals surface area contributed by atoms with Crippen LogP contribution in [0.3, 0.4) is 0 Å². The number of hydrogen-bond acceptors (Lipinski definition) is 3. The predicted molar refractivity (Wildman–Crippen MR) is 79.6 cm³/mol. The van der Waals surface area contributed by atoms with Crippen molar-refractivity contribution in [2.45, 2.75) is 26.6 Å².